The predicted octanol–water partition coefficient (Wildman–Crippen LogP) is 2.57. The first kappa shape index (κ1) is 14.2. The number of hydrogen-bond acceptors (Lipinski definition) is 5. The van der Waals surface area contributed by atoms with Crippen LogP contribution >= 0.6 is 0 Å². The first-order chi connectivity index (χ1) is 9.63. The first-order valence-corrected chi connectivity index (χ1v) is 6.50. The van der Waals surface area contributed by atoms with Gasteiger partial charge in [0.05, 0.1) is 4.92 Å². The summed E-state index contributed by atoms with van der Waals surface area (Å²) < 4.78 is 0. The number of pyridine rings is 1. The average Bonchev–Trinajstić information content (AvgIpc) is 2.44. The fourth-order valence-electron chi connectivity index (χ4n) is 2.07. The second-order valence-electron chi connectivity index (χ2n) is 4.79. The van der Waals surface area contributed by atoms with Crippen molar-refractivity contribution in [2.45, 2.75) is 13.3 Å². The number of non-ortho nitro benzene ring substituents is 1. The first-order valence-electron chi connectivity index (χ1n) is 6.50. The molecule has 0 radical (unpaired) electrons. The number of nitro groups is 1. The minimum atomic E-state index is -0.423. The van der Waals surface area contributed by atoms with Crippen LogP contribution in [-0.2, 0) is 0 Å². The summed E-state index contributed by atoms with van der Waals surface area (Å²) >= 11 is 0. The summed E-state index contributed by atoms with van der Waals surface area (Å²) in [5.74, 6) is 0.321. The van der Waals surface area contributed by atoms with E-state index in [0.29, 0.717) is 18.0 Å². The molecule has 2 rings (SSSR count). The molecule has 0 spiro atoms. The molecule has 106 valence electrons. The summed E-state index contributed by atoms with van der Waals surface area (Å²) in [7, 11) is 0. The normalized spacial score (nSPS) is 12.3. The molecule has 6 nitrogen and oxygen atoms in total. The highest BCUT2D eigenvalue weighted by atomic mass is 16.6. The van der Waals surface area contributed by atoms with Crippen LogP contribution in [-0.4, -0.2) is 28.2 Å². The number of rotatable bonds is 6. The third-order valence-electron chi connectivity index (χ3n) is 3.21. The van der Waals surface area contributed by atoms with Crippen LogP contribution in [0.15, 0.2) is 30.5 Å². The maximum absolute atomic E-state index is 11.0. The number of para-hydroxylation sites is 1. The number of aliphatic hydroxyl groups is 1. The SMILES string of the molecule is CC(CCO)CNc1ccnc2c([N+](=O)[O-])cccc12. The number of aromatic nitrogens is 1. The van der Waals surface area contributed by atoms with E-state index in [9.17, 15) is 10.1 Å². The van der Waals surface area contributed by atoms with E-state index >= 15 is 0 Å². The van der Waals surface area contributed by atoms with E-state index < -0.39 is 4.92 Å². The van der Waals surface area contributed by atoms with Gasteiger partial charge in [0.25, 0.3) is 5.69 Å². The number of hydrogen-bond donors (Lipinski definition) is 2. The minimum Gasteiger partial charge on any atom is -0.396 e. The van der Waals surface area contributed by atoms with Crippen molar-refractivity contribution in [3.63, 3.8) is 0 Å². The lowest BCUT2D eigenvalue weighted by atomic mass is 10.1. The van der Waals surface area contributed by atoms with Gasteiger partial charge in [-0.05, 0) is 18.4 Å². The maximum Gasteiger partial charge on any atom is 0.295 e. The standard InChI is InChI=1S/C14H17N3O3/c1-10(6-8-18)9-16-12-5-7-15-14-11(12)3-2-4-13(14)17(19)20/h2-5,7,10,18H,6,8-9H2,1H3,(H,15,16). The highest BCUT2D eigenvalue weighted by Crippen LogP contribution is 2.28. The van der Waals surface area contributed by atoms with Crippen molar-refractivity contribution < 1.29 is 10.0 Å². The lowest BCUT2D eigenvalue weighted by Gasteiger charge is -2.13. The van der Waals surface area contributed by atoms with Crippen LogP contribution in [0.5, 0.6) is 0 Å². The molecule has 6 heteroatoms. The number of aliphatic hydroxyl groups excluding tert-OH is 1. The van der Waals surface area contributed by atoms with E-state index in [0.717, 1.165) is 17.5 Å². The van der Waals surface area contributed by atoms with Crippen LogP contribution in [0.1, 0.15) is 13.3 Å². The molecule has 0 saturated heterocycles. The molecule has 1 unspecified atom stereocenters. The van der Waals surface area contributed by atoms with Gasteiger partial charge in [0.15, 0.2) is 0 Å². The Hall–Kier alpha value is -2.21. The van der Waals surface area contributed by atoms with Crippen LogP contribution < -0.4 is 5.32 Å². The molecule has 1 atom stereocenters. The third kappa shape index (κ3) is 3.03. The molecule has 0 bridgehead atoms. The van der Waals surface area contributed by atoms with Crippen LogP contribution in [0.4, 0.5) is 11.4 Å². The van der Waals surface area contributed by atoms with Gasteiger partial charge in [0.2, 0.25) is 0 Å². The molecule has 0 saturated carbocycles. The van der Waals surface area contributed by atoms with Gasteiger partial charge >= 0.3 is 0 Å². The number of anilines is 1. The van der Waals surface area contributed by atoms with Crippen molar-refractivity contribution in [3.8, 4) is 0 Å². The molecule has 0 aliphatic carbocycles. The molecule has 0 fully saturated rings. The van der Waals surface area contributed by atoms with Gasteiger partial charge < -0.3 is 10.4 Å². The Labute approximate surface area is 116 Å². The fourth-order valence-corrected chi connectivity index (χ4v) is 2.07. The number of nitro benzene ring substituents is 1. The van der Waals surface area contributed by atoms with Crippen molar-refractivity contribution >= 4 is 22.3 Å². The van der Waals surface area contributed by atoms with Crippen molar-refractivity contribution in [2.75, 3.05) is 18.5 Å². The van der Waals surface area contributed by atoms with Crippen molar-refractivity contribution in [1.82, 2.24) is 4.98 Å². The second kappa shape index (κ2) is 6.29. The Bertz CT molecular complexity index is 616. The Balaban J connectivity index is 2.31. The van der Waals surface area contributed by atoms with Crippen LogP contribution in [0.25, 0.3) is 10.9 Å². The zero-order valence-electron chi connectivity index (χ0n) is 11.2. The van der Waals surface area contributed by atoms with E-state index in [-0.39, 0.29) is 12.3 Å². The number of benzene rings is 1. The Morgan fingerprint density at radius 1 is 1.45 bits per heavy atom. The predicted molar refractivity (Wildman–Crippen MR) is 77.8 cm³/mol. The van der Waals surface area contributed by atoms with Gasteiger partial charge in [-0.25, -0.2) is 4.98 Å². The largest absolute Gasteiger partial charge is 0.396 e. The lowest BCUT2D eigenvalue weighted by Crippen LogP contribution is -2.12. The number of nitrogens with zero attached hydrogens (tertiary/aromatic N) is 2. The van der Waals surface area contributed by atoms with E-state index in [2.05, 4.69) is 10.3 Å². The number of fused-ring (bicyclic) bond motifs is 1. The summed E-state index contributed by atoms with van der Waals surface area (Å²) in [4.78, 5) is 14.7. The molecule has 20 heavy (non-hydrogen) atoms. The zero-order valence-corrected chi connectivity index (χ0v) is 11.2. The van der Waals surface area contributed by atoms with Gasteiger partial charge in [-0.2, -0.15) is 0 Å². The topological polar surface area (TPSA) is 88.3 Å². The third-order valence-corrected chi connectivity index (χ3v) is 3.21. The van der Waals surface area contributed by atoms with Crippen molar-refractivity contribution in [1.29, 1.82) is 0 Å². The molecule has 0 amide bonds. The summed E-state index contributed by atoms with van der Waals surface area (Å²) in [5.41, 5.74) is 1.22. The summed E-state index contributed by atoms with van der Waals surface area (Å²) in [6.07, 6.45) is 2.28. The van der Waals surface area contributed by atoms with Gasteiger partial charge in [-0.15, -0.1) is 0 Å². The molecule has 0 aliphatic heterocycles. The fraction of sp³-hybridized carbons (Fsp3) is 0.357. The molecular weight excluding hydrogens is 258 g/mol. The summed E-state index contributed by atoms with van der Waals surface area (Å²) in [6, 6.07) is 6.73. The Kier molecular flexibility index (Phi) is 4.47. The molecule has 2 N–H and O–H groups in total. The van der Waals surface area contributed by atoms with Gasteiger partial charge in [0.1, 0.15) is 5.52 Å². The monoisotopic (exact) mass is 275 g/mol. The molecule has 1 aromatic carbocycles. The van der Waals surface area contributed by atoms with E-state index in [1.54, 1.807) is 18.3 Å². The van der Waals surface area contributed by atoms with Gasteiger partial charge in [0, 0.05) is 36.5 Å². The molecule has 1 aromatic heterocycles. The quantitative estimate of drug-likeness (QED) is 0.625. The molecule has 1 heterocycles. The minimum absolute atomic E-state index is 0.00885. The molecule has 2 aromatic rings. The Morgan fingerprint density at radius 3 is 2.95 bits per heavy atom. The van der Waals surface area contributed by atoms with Gasteiger partial charge in [-0.1, -0.05) is 19.1 Å². The molecular formula is C14H17N3O3. The Morgan fingerprint density at radius 2 is 2.25 bits per heavy atom. The van der Waals surface area contributed by atoms with E-state index in [1.807, 2.05) is 13.0 Å². The smallest absolute Gasteiger partial charge is 0.295 e. The zero-order chi connectivity index (χ0) is 14.5. The molecule has 0 aliphatic rings. The van der Waals surface area contributed by atoms with Crippen molar-refractivity contribution in [3.05, 3.63) is 40.6 Å². The second-order valence-corrected chi connectivity index (χ2v) is 4.79. The summed E-state index contributed by atoms with van der Waals surface area (Å²) in [5, 5.41) is 23.9. The van der Waals surface area contributed by atoms with Gasteiger partial charge in [-0.3, -0.25) is 10.1 Å². The van der Waals surface area contributed by atoms with Crippen LogP contribution in [0, 0.1) is 16.0 Å². The van der Waals surface area contributed by atoms with Crippen LogP contribution in [0.3, 0.4) is 0 Å². The summed E-state index contributed by atoms with van der Waals surface area (Å²) in [6.45, 7) is 2.89. The lowest BCUT2D eigenvalue weighted by molar-refractivity contribution is -0.383. The highest BCUT2D eigenvalue weighted by molar-refractivity contribution is 5.96. The maximum atomic E-state index is 11.0. The highest BCUT2D eigenvalue weighted by Gasteiger charge is 2.14. The van der Waals surface area contributed by atoms with Crippen molar-refractivity contribution in [2.24, 2.45) is 5.92 Å². The van der Waals surface area contributed by atoms with E-state index in [4.69, 9.17) is 5.11 Å². The van der Waals surface area contributed by atoms with E-state index in [1.165, 1.54) is 6.07 Å². The number of nitrogens with one attached hydrogen (secondary N) is 1. The van der Waals surface area contributed by atoms with Crippen LogP contribution in [0.2, 0.25) is 0 Å². The average molecular weight is 275 g/mol.